The van der Waals surface area contributed by atoms with Crippen molar-refractivity contribution < 1.29 is 17.9 Å². The molecule has 0 spiro atoms. The van der Waals surface area contributed by atoms with Crippen LogP contribution in [0.5, 0.6) is 5.75 Å². The summed E-state index contributed by atoms with van der Waals surface area (Å²) in [5, 5.41) is 6.44. The van der Waals surface area contributed by atoms with E-state index in [-0.39, 0.29) is 29.7 Å². The zero-order valence-corrected chi connectivity index (χ0v) is 19.5. The summed E-state index contributed by atoms with van der Waals surface area (Å²) in [7, 11) is -1.30. The van der Waals surface area contributed by atoms with Gasteiger partial charge in [-0.05, 0) is 37.5 Å². The lowest BCUT2D eigenvalue weighted by atomic mass is 10.2. The summed E-state index contributed by atoms with van der Waals surface area (Å²) in [5.74, 6) is 1.65. The summed E-state index contributed by atoms with van der Waals surface area (Å²) >= 11 is 0. The van der Waals surface area contributed by atoms with Gasteiger partial charge in [-0.15, -0.1) is 24.0 Å². The fourth-order valence-electron chi connectivity index (χ4n) is 2.14. The number of methoxy groups -OCH3 is 1. The Hall–Kier alpha value is -1.07. The van der Waals surface area contributed by atoms with Crippen LogP contribution in [-0.4, -0.2) is 59.8 Å². The van der Waals surface area contributed by atoms with Gasteiger partial charge < -0.3 is 20.1 Å². The van der Waals surface area contributed by atoms with E-state index in [1.165, 1.54) is 6.26 Å². The highest BCUT2D eigenvalue weighted by atomic mass is 127. The van der Waals surface area contributed by atoms with E-state index in [1.807, 2.05) is 31.2 Å². The molecule has 7 nitrogen and oxygen atoms in total. The molecule has 1 rings (SSSR count). The topological polar surface area (TPSA) is 89.0 Å². The molecule has 0 radical (unpaired) electrons. The molecule has 0 amide bonds. The van der Waals surface area contributed by atoms with Crippen LogP contribution >= 0.6 is 24.0 Å². The van der Waals surface area contributed by atoms with Crippen molar-refractivity contribution in [3.63, 3.8) is 0 Å². The molecule has 0 unspecified atom stereocenters. The number of hydrogen-bond donors (Lipinski definition) is 2. The minimum atomic E-state index is -2.94. The number of guanidine groups is 1. The normalized spacial score (nSPS) is 11.6. The molecule has 1 aromatic rings. The summed E-state index contributed by atoms with van der Waals surface area (Å²) in [5.41, 5.74) is 1.07. The van der Waals surface area contributed by atoms with Crippen LogP contribution in [0, 0.1) is 0 Å². The highest BCUT2D eigenvalue weighted by Crippen LogP contribution is 2.11. The molecule has 0 atom stereocenters. The van der Waals surface area contributed by atoms with Gasteiger partial charge in [0.25, 0.3) is 0 Å². The van der Waals surface area contributed by atoms with Gasteiger partial charge in [0, 0.05) is 32.6 Å². The van der Waals surface area contributed by atoms with Crippen LogP contribution in [0.3, 0.4) is 0 Å². The van der Waals surface area contributed by atoms with Crippen molar-refractivity contribution in [3.05, 3.63) is 29.8 Å². The van der Waals surface area contributed by atoms with E-state index in [1.54, 1.807) is 7.11 Å². The van der Waals surface area contributed by atoms with Gasteiger partial charge in [0.05, 0.1) is 19.4 Å². The average molecular weight is 513 g/mol. The molecule has 0 saturated carbocycles. The second-order valence-corrected chi connectivity index (χ2v) is 8.16. The van der Waals surface area contributed by atoms with Gasteiger partial charge in [0.2, 0.25) is 0 Å². The molecule has 0 aromatic heterocycles. The zero-order chi connectivity index (χ0) is 19.3. The third-order valence-corrected chi connectivity index (χ3v) is 4.56. The minimum absolute atomic E-state index is 0. The average Bonchev–Trinajstić information content (AvgIpc) is 2.61. The number of nitrogens with zero attached hydrogens (tertiary/aromatic N) is 1. The van der Waals surface area contributed by atoms with E-state index in [0.29, 0.717) is 38.7 Å². The molecule has 0 fully saturated rings. The predicted molar refractivity (Wildman–Crippen MR) is 121 cm³/mol. The first-order valence-electron chi connectivity index (χ1n) is 8.85. The molecule has 2 N–H and O–H groups in total. The highest BCUT2D eigenvalue weighted by Gasteiger charge is 2.03. The predicted octanol–water partition coefficient (Wildman–Crippen LogP) is 2.21. The molecule has 0 heterocycles. The summed E-state index contributed by atoms with van der Waals surface area (Å²) in [4.78, 5) is 4.56. The molecule has 0 aliphatic rings. The van der Waals surface area contributed by atoms with Gasteiger partial charge >= 0.3 is 0 Å². The Labute approximate surface area is 180 Å². The Bertz CT molecular complexity index is 637. The van der Waals surface area contributed by atoms with Gasteiger partial charge in [0.1, 0.15) is 15.6 Å². The maximum absolute atomic E-state index is 11.2. The smallest absolute Gasteiger partial charge is 0.191 e. The van der Waals surface area contributed by atoms with E-state index in [4.69, 9.17) is 9.47 Å². The molecular formula is C18H32IN3O4S. The Kier molecular flexibility index (Phi) is 14.3. The third kappa shape index (κ3) is 13.7. The van der Waals surface area contributed by atoms with Crippen molar-refractivity contribution in [3.8, 4) is 5.75 Å². The van der Waals surface area contributed by atoms with Crippen LogP contribution in [-0.2, 0) is 21.1 Å². The van der Waals surface area contributed by atoms with Crippen molar-refractivity contribution >= 4 is 39.8 Å². The number of hydrogen-bond acceptors (Lipinski definition) is 5. The molecular weight excluding hydrogens is 481 g/mol. The van der Waals surface area contributed by atoms with Crippen LogP contribution in [0.2, 0.25) is 0 Å². The summed E-state index contributed by atoms with van der Waals surface area (Å²) in [6, 6.07) is 7.75. The monoisotopic (exact) mass is 513 g/mol. The summed E-state index contributed by atoms with van der Waals surface area (Å²) in [6.07, 6.45) is 2.67. The Morgan fingerprint density at radius 3 is 2.30 bits per heavy atom. The van der Waals surface area contributed by atoms with Crippen molar-refractivity contribution in [2.75, 3.05) is 45.4 Å². The Morgan fingerprint density at radius 2 is 1.74 bits per heavy atom. The minimum Gasteiger partial charge on any atom is -0.497 e. The maximum Gasteiger partial charge on any atom is 0.191 e. The van der Waals surface area contributed by atoms with Crippen LogP contribution in [0.25, 0.3) is 0 Å². The van der Waals surface area contributed by atoms with Crippen LogP contribution < -0.4 is 15.4 Å². The number of rotatable bonds is 12. The zero-order valence-electron chi connectivity index (χ0n) is 16.4. The van der Waals surface area contributed by atoms with E-state index in [2.05, 4.69) is 15.6 Å². The van der Waals surface area contributed by atoms with Crippen LogP contribution in [0.15, 0.2) is 29.3 Å². The summed E-state index contributed by atoms with van der Waals surface area (Å²) in [6.45, 7) is 5.19. The maximum atomic E-state index is 11.2. The van der Waals surface area contributed by atoms with Gasteiger partial charge in [-0.2, -0.15) is 0 Å². The van der Waals surface area contributed by atoms with Gasteiger partial charge in [0.15, 0.2) is 5.96 Å². The Balaban J connectivity index is 0.00000676. The molecule has 0 aliphatic heterocycles. The molecule has 27 heavy (non-hydrogen) atoms. The fraction of sp³-hybridized carbons (Fsp3) is 0.611. The first-order chi connectivity index (χ1) is 12.4. The fourth-order valence-corrected chi connectivity index (χ4v) is 2.81. The molecule has 0 saturated heterocycles. The molecule has 156 valence electrons. The quantitative estimate of drug-likeness (QED) is 0.193. The number of aliphatic imine (C=N–C) groups is 1. The number of nitrogens with one attached hydrogen (secondary N) is 2. The number of ether oxygens (including phenoxy) is 2. The standard InChI is InChI=1S/C18H31N3O4S.HI/c1-4-25-13-5-11-19-18(20-12-6-14-26(3,22)23)21-15-16-7-9-17(24-2)10-8-16;/h7-10H,4-6,11-15H2,1-3H3,(H2,19,20,21);1H. The van der Waals surface area contributed by atoms with Gasteiger partial charge in [-0.1, -0.05) is 12.1 Å². The summed E-state index contributed by atoms with van der Waals surface area (Å²) < 4.78 is 32.9. The number of sulfone groups is 1. The number of benzene rings is 1. The molecule has 1 aromatic carbocycles. The van der Waals surface area contributed by atoms with E-state index >= 15 is 0 Å². The molecule has 0 aliphatic carbocycles. The lowest BCUT2D eigenvalue weighted by molar-refractivity contribution is 0.145. The lowest BCUT2D eigenvalue weighted by Crippen LogP contribution is -2.39. The van der Waals surface area contributed by atoms with E-state index < -0.39 is 9.84 Å². The van der Waals surface area contributed by atoms with E-state index in [9.17, 15) is 8.42 Å². The van der Waals surface area contributed by atoms with Crippen molar-refractivity contribution in [2.45, 2.75) is 26.3 Å². The SMILES string of the molecule is CCOCCCNC(=NCc1ccc(OC)cc1)NCCCS(C)(=O)=O.I. The first kappa shape index (κ1) is 25.9. The lowest BCUT2D eigenvalue weighted by Gasteiger charge is -2.13. The van der Waals surface area contributed by atoms with Crippen LogP contribution in [0.4, 0.5) is 0 Å². The second-order valence-electron chi connectivity index (χ2n) is 5.90. The Morgan fingerprint density at radius 1 is 1.11 bits per heavy atom. The molecule has 0 bridgehead atoms. The van der Waals surface area contributed by atoms with E-state index in [0.717, 1.165) is 24.3 Å². The molecule has 9 heteroatoms. The van der Waals surface area contributed by atoms with Crippen molar-refractivity contribution in [2.24, 2.45) is 4.99 Å². The highest BCUT2D eigenvalue weighted by molar-refractivity contribution is 14.0. The first-order valence-corrected chi connectivity index (χ1v) is 10.9. The van der Waals surface area contributed by atoms with Crippen molar-refractivity contribution in [1.29, 1.82) is 0 Å². The third-order valence-electron chi connectivity index (χ3n) is 3.53. The van der Waals surface area contributed by atoms with Gasteiger partial charge in [-0.25, -0.2) is 13.4 Å². The van der Waals surface area contributed by atoms with Crippen molar-refractivity contribution in [1.82, 2.24) is 10.6 Å². The van der Waals surface area contributed by atoms with Crippen LogP contribution in [0.1, 0.15) is 25.3 Å². The largest absolute Gasteiger partial charge is 0.497 e. The second kappa shape index (κ2) is 14.9. The van der Waals surface area contributed by atoms with Gasteiger partial charge in [-0.3, -0.25) is 0 Å². The number of halogens is 1.